The average molecular weight is 342 g/mol. The summed E-state index contributed by atoms with van der Waals surface area (Å²) in [5.74, 6) is 0.526. The van der Waals surface area contributed by atoms with E-state index in [2.05, 4.69) is 5.32 Å². The smallest absolute Gasteiger partial charge is 0.232 e. The van der Waals surface area contributed by atoms with Crippen molar-refractivity contribution in [2.75, 3.05) is 23.7 Å². The van der Waals surface area contributed by atoms with Gasteiger partial charge in [0.2, 0.25) is 15.9 Å². The van der Waals surface area contributed by atoms with Gasteiger partial charge in [-0.3, -0.25) is 9.10 Å². The maximum Gasteiger partial charge on any atom is 0.232 e. The van der Waals surface area contributed by atoms with Gasteiger partial charge in [-0.25, -0.2) is 8.42 Å². The van der Waals surface area contributed by atoms with Crippen LogP contribution in [-0.4, -0.2) is 39.8 Å². The van der Waals surface area contributed by atoms with Gasteiger partial charge in [0.05, 0.1) is 18.0 Å². The second kappa shape index (κ2) is 8.76. The van der Waals surface area contributed by atoms with Gasteiger partial charge < -0.3 is 10.1 Å². The third-order valence-corrected chi connectivity index (χ3v) is 4.21. The number of amides is 1. The number of carbonyl (C=O) groups excluding carboxylic acids is 1. The molecule has 130 valence electrons. The number of benzene rings is 1. The molecule has 0 bridgehead atoms. The summed E-state index contributed by atoms with van der Waals surface area (Å²) in [5, 5.41) is 2.74. The minimum Gasteiger partial charge on any atom is -0.491 e. The van der Waals surface area contributed by atoms with Crippen LogP contribution in [0.5, 0.6) is 5.75 Å². The molecule has 1 rings (SSSR count). The van der Waals surface area contributed by atoms with E-state index < -0.39 is 10.0 Å². The predicted octanol–water partition coefficient (Wildman–Crippen LogP) is 2.16. The molecule has 6 nitrogen and oxygen atoms in total. The molecule has 0 radical (unpaired) electrons. The molecule has 0 aliphatic carbocycles. The molecule has 0 aliphatic rings. The molecule has 0 heterocycles. The van der Waals surface area contributed by atoms with Crippen LogP contribution in [0, 0.1) is 0 Å². The van der Waals surface area contributed by atoms with Gasteiger partial charge in [0.25, 0.3) is 0 Å². The molecule has 1 N–H and O–H groups in total. The molecule has 0 fully saturated rings. The first-order valence-electron chi connectivity index (χ1n) is 7.75. The Morgan fingerprint density at radius 2 is 1.87 bits per heavy atom. The fourth-order valence-corrected chi connectivity index (χ4v) is 2.93. The van der Waals surface area contributed by atoms with Crippen LogP contribution < -0.4 is 14.4 Å². The molecule has 0 atom stereocenters. The van der Waals surface area contributed by atoms with Gasteiger partial charge in [-0.15, -0.1) is 0 Å². The van der Waals surface area contributed by atoms with Gasteiger partial charge in [0.15, 0.2) is 0 Å². The molecule has 0 saturated carbocycles. The van der Waals surface area contributed by atoms with Gasteiger partial charge in [0, 0.05) is 19.5 Å². The summed E-state index contributed by atoms with van der Waals surface area (Å²) in [4.78, 5) is 11.7. The lowest BCUT2D eigenvalue weighted by atomic mass is 10.3. The maximum atomic E-state index is 12.0. The second-order valence-corrected chi connectivity index (χ2v) is 7.50. The molecular weight excluding hydrogens is 316 g/mol. The summed E-state index contributed by atoms with van der Waals surface area (Å²) in [7, 11) is -3.46. The van der Waals surface area contributed by atoms with Crippen molar-refractivity contribution in [3.63, 3.8) is 0 Å². The Morgan fingerprint density at radius 3 is 2.35 bits per heavy atom. The molecule has 1 aromatic rings. The van der Waals surface area contributed by atoms with Gasteiger partial charge in [-0.2, -0.15) is 0 Å². The highest BCUT2D eigenvalue weighted by molar-refractivity contribution is 7.92. The third-order valence-electron chi connectivity index (χ3n) is 3.01. The van der Waals surface area contributed by atoms with Crippen LogP contribution in [0.25, 0.3) is 0 Å². The highest BCUT2D eigenvalue weighted by Gasteiger charge is 2.18. The number of anilines is 1. The molecule has 0 spiro atoms. The Kier molecular flexibility index (Phi) is 7.35. The first-order valence-corrected chi connectivity index (χ1v) is 9.60. The van der Waals surface area contributed by atoms with Crippen molar-refractivity contribution in [1.29, 1.82) is 0 Å². The average Bonchev–Trinajstić information content (AvgIpc) is 2.45. The Labute approximate surface area is 138 Å². The lowest BCUT2D eigenvalue weighted by Crippen LogP contribution is -2.34. The quantitative estimate of drug-likeness (QED) is 0.746. The first kappa shape index (κ1) is 19.3. The minimum absolute atomic E-state index is 0.0501. The van der Waals surface area contributed by atoms with Crippen molar-refractivity contribution in [1.82, 2.24) is 5.32 Å². The van der Waals surface area contributed by atoms with Crippen molar-refractivity contribution >= 4 is 21.6 Å². The number of rotatable bonds is 9. The van der Waals surface area contributed by atoms with Crippen molar-refractivity contribution in [3.05, 3.63) is 24.3 Å². The summed E-state index contributed by atoms with van der Waals surface area (Å²) in [5.41, 5.74) is 0.520. The highest BCUT2D eigenvalue weighted by Crippen LogP contribution is 2.22. The Hall–Kier alpha value is -1.76. The number of hydrogen-bond acceptors (Lipinski definition) is 4. The lowest BCUT2D eigenvalue weighted by Gasteiger charge is -2.22. The minimum atomic E-state index is -3.46. The van der Waals surface area contributed by atoms with Gasteiger partial charge in [0.1, 0.15) is 5.75 Å². The molecule has 7 heteroatoms. The predicted molar refractivity (Wildman–Crippen MR) is 92.3 cm³/mol. The van der Waals surface area contributed by atoms with E-state index in [1.54, 1.807) is 24.3 Å². The number of nitrogens with zero attached hydrogens (tertiary/aromatic N) is 1. The standard InChI is InChI=1S/C16H26N2O4S/c1-5-11-17-16(19)10-12-18(23(4,20)21)14-6-8-15(9-7-14)22-13(2)3/h6-9,13H,5,10-12H2,1-4H3,(H,17,19). The van der Waals surface area contributed by atoms with Crippen molar-refractivity contribution in [2.24, 2.45) is 0 Å². The van der Waals surface area contributed by atoms with Crippen LogP contribution in [0.4, 0.5) is 5.69 Å². The van der Waals surface area contributed by atoms with Crippen LogP contribution in [0.3, 0.4) is 0 Å². The van der Waals surface area contributed by atoms with E-state index in [1.807, 2.05) is 20.8 Å². The summed E-state index contributed by atoms with van der Waals surface area (Å²) in [6.45, 7) is 6.51. The van der Waals surface area contributed by atoms with Gasteiger partial charge >= 0.3 is 0 Å². The zero-order valence-electron chi connectivity index (χ0n) is 14.2. The van der Waals surface area contributed by atoms with E-state index in [0.717, 1.165) is 12.7 Å². The van der Waals surface area contributed by atoms with E-state index in [9.17, 15) is 13.2 Å². The monoisotopic (exact) mass is 342 g/mol. The number of nitrogens with one attached hydrogen (secondary N) is 1. The van der Waals surface area contributed by atoms with Crippen molar-refractivity contribution < 1.29 is 17.9 Å². The summed E-state index contributed by atoms with van der Waals surface area (Å²) in [6.07, 6.45) is 2.15. The van der Waals surface area contributed by atoms with Crippen LogP contribution in [0.2, 0.25) is 0 Å². The largest absolute Gasteiger partial charge is 0.491 e. The Balaban J connectivity index is 2.80. The van der Waals surface area contributed by atoms with Crippen LogP contribution in [0.15, 0.2) is 24.3 Å². The Morgan fingerprint density at radius 1 is 1.26 bits per heavy atom. The maximum absolute atomic E-state index is 12.0. The SMILES string of the molecule is CCCNC(=O)CCN(c1ccc(OC(C)C)cc1)S(C)(=O)=O. The topological polar surface area (TPSA) is 75.7 Å². The number of ether oxygens (including phenoxy) is 1. The fraction of sp³-hybridized carbons (Fsp3) is 0.562. The fourth-order valence-electron chi connectivity index (χ4n) is 2.01. The zero-order valence-corrected chi connectivity index (χ0v) is 15.0. The van der Waals surface area contributed by atoms with E-state index in [1.165, 1.54) is 4.31 Å². The lowest BCUT2D eigenvalue weighted by molar-refractivity contribution is -0.120. The molecule has 0 unspecified atom stereocenters. The summed E-state index contributed by atoms with van der Waals surface area (Å²) >= 11 is 0. The van der Waals surface area contributed by atoms with Crippen LogP contribution in [0.1, 0.15) is 33.6 Å². The molecule has 0 aliphatic heterocycles. The first-order chi connectivity index (χ1) is 10.7. The van der Waals surface area contributed by atoms with Crippen LogP contribution in [-0.2, 0) is 14.8 Å². The van der Waals surface area contributed by atoms with Gasteiger partial charge in [-0.05, 0) is 44.5 Å². The number of carbonyl (C=O) groups is 1. The Bertz CT molecular complexity index is 597. The highest BCUT2D eigenvalue weighted by atomic mass is 32.2. The number of sulfonamides is 1. The van der Waals surface area contributed by atoms with Crippen LogP contribution >= 0.6 is 0 Å². The van der Waals surface area contributed by atoms with E-state index in [0.29, 0.717) is 18.0 Å². The molecule has 1 amide bonds. The van der Waals surface area contributed by atoms with E-state index >= 15 is 0 Å². The zero-order chi connectivity index (χ0) is 17.5. The molecule has 1 aromatic carbocycles. The summed E-state index contributed by atoms with van der Waals surface area (Å²) in [6, 6.07) is 6.82. The third kappa shape index (κ3) is 6.90. The van der Waals surface area contributed by atoms with Gasteiger partial charge in [-0.1, -0.05) is 6.92 Å². The molecular formula is C16H26N2O4S. The van der Waals surface area contributed by atoms with E-state index in [-0.39, 0.29) is 25.0 Å². The van der Waals surface area contributed by atoms with Crippen molar-refractivity contribution in [2.45, 2.75) is 39.7 Å². The summed E-state index contributed by atoms with van der Waals surface area (Å²) < 4.78 is 30.7. The van der Waals surface area contributed by atoms with Crippen molar-refractivity contribution in [3.8, 4) is 5.75 Å². The molecule has 0 saturated heterocycles. The second-order valence-electron chi connectivity index (χ2n) is 5.60. The van der Waals surface area contributed by atoms with E-state index in [4.69, 9.17) is 4.74 Å². The molecule has 23 heavy (non-hydrogen) atoms. The molecule has 0 aromatic heterocycles. The number of hydrogen-bond donors (Lipinski definition) is 1. The normalized spacial score (nSPS) is 11.3.